The van der Waals surface area contributed by atoms with Gasteiger partial charge in [-0.1, -0.05) is 35.3 Å². The van der Waals surface area contributed by atoms with Crippen LogP contribution in [0.25, 0.3) is 0 Å². The maximum Gasteiger partial charge on any atom is 0.258 e. The summed E-state index contributed by atoms with van der Waals surface area (Å²) >= 11 is 11.6. The van der Waals surface area contributed by atoms with Gasteiger partial charge in [-0.25, -0.2) is 0 Å². The molecule has 0 spiro atoms. The van der Waals surface area contributed by atoms with Gasteiger partial charge >= 0.3 is 0 Å². The molecule has 1 amide bonds. The van der Waals surface area contributed by atoms with Crippen LogP contribution in [0.1, 0.15) is 10.4 Å². The van der Waals surface area contributed by atoms with Crippen LogP contribution in [-0.2, 0) is 4.79 Å². The van der Waals surface area contributed by atoms with Crippen LogP contribution < -0.4 is 10.1 Å². The topological polar surface area (TPSA) is 55.4 Å². The molecule has 0 bridgehead atoms. The van der Waals surface area contributed by atoms with E-state index in [1.54, 1.807) is 48.5 Å². The van der Waals surface area contributed by atoms with Crippen molar-refractivity contribution in [3.05, 3.63) is 64.1 Å². The van der Waals surface area contributed by atoms with Crippen LogP contribution in [0, 0.1) is 0 Å². The predicted octanol–water partition coefficient (Wildman–Crippen LogP) is 3.37. The minimum absolute atomic E-state index is 0.108. The highest BCUT2D eigenvalue weighted by atomic mass is 35.5. The fourth-order valence-corrected chi connectivity index (χ4v) is 1.99. The summed E-state index contributed by atoms with van der Waals surface area (Å²) in [5.74, 6) is -0.0756. The number of hydrogen-bond donors (Lipinski definition) is 1. The molecule has 114 valence electrons. The van der Waals surface area contributed by atoms with Gasteiger partial charge in [0.25, 0.3) is 5.91 Å². The Bertz CT molecular complexity index is 671. The lowest BCUT2D eigenvalue weighted by atomic mass is 10.1. The average Bonchev–Trinajstić information content (AvgIpc) is 2.52. The summed E-state index contributed by atoms with van der Waals surface area (Å²) < 4.78 is 5.28. The standard InChI is InChI=1S/C16H13Cl2NO3/c17-12-4-6-14(7-5-12)22-10-16(21)19-9-15(20)11-2-1-3-13(18)8-11/h1-8H,9-10H2,(H,19,21). The van der Waals surface area contributed by atoms with Crippen molar-refractivity contribution in [3.63, 3.8) is 0 Å². The highest BCUT2D eigenvalue weighted by Gasteiger charge is 2.09. The number of rotatable bonds is 6. The Morgan fingerprint density at radius 3 is 2.41 bits per heavy atom. The van der Waals surface area contributed by atoms with E-state index in [4.69, 9.17) is 27.9 Å². The fourth-order valence-electron chi connectivity index (χ4n) is 1.67. The van der Waals surface area contributed by atoms with Crippen LogP contribution in [0.15, 0.2) is 48.5 Å². The Balaban J connectivity index is 1.78. The first-order valence-corrected chi connectivity index (χ1v) is 7.24. The molecule has 4 nitrogen and oxygen atoms in total. The van der Waals surface area contributed by atoms with Gasteiger partial charge < -0.3 is 10.1 Å². The van der Waals surface area contributed by atoms with Crippen LogP contribution >= 0.6 is 23.2 Å². The van der Waals surface area contributed by atoms with Gasteiger partial charge in [0.1, 0.15) is 5.75 Å². The smallest absolute Gasteiger partial charge is 0.258 e. The van der Waals surface area contributed by atoms with Crippen molar-refractivity contribution in [1.29, 1.82) is 0 Å². The molecule has 0 aromatic heterocycles. The monoisotopic (exact) mass is 337 g/mol. The molecule has 2 aromatic rings. The van der Waals surface area contributed by atoms with Gasteiger partial charge in [0.2, 0.25) is 0 Å². The molecule has 1 N–H and O–H groups in total. The molecule has 0 aliphatic rings. The second-order valence-electron chi connectivity index (χ2n) is 4.45. The lowest BCUT2D eigenvalue weighted by Crippen LogP contribution is -2.33. The van der Waals surface area contributed by atoms with E-state index in [1.165, 1.54) is 0 Å². The van der Waals surface area contributed by atoms with Gasteiger partial charge in [0, 0.05) is 15.6 Å². The second kappa shape index (κ2) is 7.82. The van der Waals surface area contributed by atoms with E-state index in [0.29, 0.717) is 21.4 Å². The number of carbonyl (C=O) groups is 2. The summed E-state index contributed by atoms with van der Waals surface area (Å²) in [4.78, 5) is 23.5. The van der Waals surface area contributed by atoms with Crippen molar-refractivity contribution in [2.45, 2.75) is 0 Å². The van der Waals surface area contributed by atoms with Crippen LogP contribution in [0.2, 0.25) is 10.0 Å². The number of halogens is 2. The van der Waals surface area contributed by atoms with Crippen LogP contribution in [0.4, 0.5) is 0 Å². The summed E-state index contributed by atoms with van der Waals surface area (Å²) in [5, 5.41) is 3.56. The van der Waals surface area contributed by atoms with E-state index in [1.807, 2.05) is 0 Å². The number of Topliss-reactive ketones (excluding diaryl/α,β-unsaturated/α-hetero) is 1. The van der Waals surface area contributed by atoms with Crippen LogP contribution in [0.3, 0.4) is 0 Å². The van der Waals surface area contributed by atoms with E-state index in [2.05, 4.69) is 5.32 Å². The predicted molar refractivity (Wildman–Crippen MR) is 85.7 cm³/mol. The molecule has 0 saturated carbocycles. The van der Waals surface area contributed by atoms with Gasteiger partial charge in [-0.2, -0.15) is 0 Å². The lowest BCUT2D eigenvalue weighted by Gasteiger charge is -2.07. The number of ketones is 1. The summed E-state index contributed by atoms with van der Waals surface area (Å²) in [6, 6.07) is 13.2. The molecular weight excluding hydrogens is 325 g/mol. The van der Waals surface area contributed by atoms with Crippen LogP contribution in [0.5, 0.6) is 5.75 Å². The number of carbonyl (C=O) groups excluding carboxylic acids is 2. The first-order valence-electron chi connectivity index (χ1n) is 6.48. The molecule has 0 aliphatic heterocycles. The van der Waals surface area contributed by atoms with Crippen molar-refractivity contribution in [3.8, 4) is 5.75 Å². The van der Waals surface area contributed by atoms with Crippen LogP contribution in [-0.4, -0.2) is 24.8 Å². The number of amides is 1. The molecule has 0 fully saturated rings. The third kappa shape index (κ3) is 5.06. The minimum Gasteiger partial charge on any atom is -0.484 e. The Morgan fingerprint density at radius 1 is 1.00 bits per heavy atom. The largest absolute Gasteiger partial charge is 0.484 e. The molecular formula is C16H13Cl2NO3. The second-order valence-corrected chi connectivity index (χ2v) is 5.33. The third-order valence-electron chi connectivity index (χ3n) is 2.78. The Kier molecular flexibility index (Phi) is 5.81. The fraction of sp³-hybridized carbons (Fsp3) is 0.125. The normalized spacial score (nSPS) is 10.1. The van der Waals surface area contributed by atoms with E-state index in [9.17, 15) is 9.59 Å². The molecule has 22 heavy (non-hydrogen) atoms. The number of hydrogen-bond acceptors (Lipinski definition) is 3. The molecule has 0 heterocycles. The molecule has 0 atom stereocenters. The van der Waals surface area contributed by atoms with Gasteiger partial charge in [-0.05, 0) is 36.4 Å². The molecule has 0 unspecified atom stereocenters. The van der Waals surface area contributed by atoms with Crippen molar-refractivity contribution >= 4 is 34.9 Å². The lowest BCUT2D eigenvalue weighted by molar-refractivity contribution is -0.122. The number of nitrogens with one attached hydrogen (secondary N) is 1. The van der Waals surface area contributed by atoms with Gasteiger partial charge in [0.05, 0.1) is 6.54 Å². The van der Waals surface area contributed by atoms with Crippen molar-refractivity contribution < 1.29 is 14.3 Å². The summed E-state index contributed by atoms with van der Waals surface area (Å²) in [7, 11) is 0. The highest BCUT2D eigenvalue weighted by molar-refractivity contribution is 6.31. The molecule has 2 rings (SSSR count). The molecule has 0 saturated heterocycles. The van der Waals surface area contributed by atoms with Gasteiger partial charge in [-0.3, -0.25) is 9.59 Å². The van der Waals surface area contributed by atoms with E-state index in [-0.39, 0.29) is 24.8 Å². The minimum atomic E-state index is -0.384. The zero-order valence-corrected chi connectivity index (χ0v) is 13.0. The summed E-state index contributed by atoms with van der Waals surface area (Å²) in [6.07, 6.45) is 0. The third-order valence-corrected chi connectivity index (χ3v) is 3.26. The summed E-state index contributed by atoms with van der Waals surface area (Å²) in [5.41, 5.74) is 0.450. The molecule has 0 radical (unpaired) electrons. The molecule has 6 heteroatoms. The Labute approximate surface area is 138 Å². The highest BCUT2D eigenvalue weighted by Crippen LogP contribution is 2.15. The molecule has 0 aliphatic carbocycles. The van der Waals surface area contributed by atoms with E-state index < -0.39 is 0 Å². The van der Waals surface area contributed by atoms with Gasteiger partial charge in [-0.15, -0.1) is 0 Å². The van der Waals surface area contributed by atoms with Crippen molar-refractivity contribution in [1.82, 2.24) is 5.32 Å². The number of ether oxygens (including phenoxy) is 1. The molecule has 2 aromatic carbocycles. The average molecular weight is 338 g/mol. The number of benzene rings is 2. The zero-order chi connectivity index (χ0) is 15.9. The summed E-state index contributed by atoms with van der Waals surface area (Å²) in [6.45, 7) is -0.284. The quantitative estimate of drug-likeness (QED) is 0.822. The maximum atomic E-state index is 11.9. The Hall–Kier alpha value is -2.04. The maximum absolute atomic E-state index is 11.9. The van der Waals surface area contributed by atoms with Gasteiger partial charge in [0.15, 0.2) is 12.4 Å². The zero-order valence-electron chi connectivity index (χ0n) is 11.5. The van der Waals surface area contributed by atoms with E-state index in [0.717, 1.165) is 0 Å². The first kappa shape index (κ1) is 16.3. The SMILES string of the molecule is O=C(COc1ccc(Cl)cc1)NCC(=O)c1cccc(Cl)c1. The van der Waals surface area contributed by atoms with Crippen molar-refractivity contribution in [2.24, 2.45) is 0 Å². The van der Waals surface area contributed by atoms with E-state index >= 15 is 0 Å². The first-order chi connectivity index (χ1) is 10.5. The Morgan fingerprint density at radius 2 is 1.73 bits per heavy atom. The van der Waals surface area contributed by atoms with Crippen molar-refractivity contribution in [2.75, 3.05) is 13.2 Å².